The van der Waals surface area contributed by atoms with Gasteiger partial charge in [0.05, 0.1) is 0 Å². The maximum Gasteiger partial charge on any atom is 0.0281 e. The molecule has 0 saturated heterocycles. The molecular formula is C55H70N2. The lowest BCUT2D eigenvalue weighted by Crippen LogP contribution is -2.45. The van der Waals surface area contributed by atoms with E-state index in [0.717, 1.165) is 31.2 Å². The number of rotatable bonds is 12. The predicted molar refractivity (Wildman–Crippen MR) is 242 cm³/mol. The van der Waals surface area contributed by atoms with Gasteiger partial charge in [0, 0.05) is 36.3 Å². The first-order valence-corrected chi connectivity index (χ1v) is 23.7. The molecule has 9 aliphatic carbocycles. The van der Waals surface area contributed by atoms with Crippen molar-refractivity contribution < 1.29 is 0 Å². The zero-order valence-electron chi connectivity index (χ0n) is 35.0. The van der Waals surface area contributed by atoms with Gasteiger partial charge in [-0.05, 0) is 161 Å². The third kappa shape index (κ3) is 8.24. The van der Waals surface area contributed by atoms with Crippen LogP contribution in [0.3, 0.4) is 0 Å². The third-order valence-corrected chi connectivity index (χ3v) is 16.2. The highest BCUT2D eigenvalue weighted by Crippen LogP contribution is 2.50. The quantitative estimate of drug-likeness (QED) is 0.116. The van der Waals surface area contributed by atoms with E-state index in [1.54, 1.807) is 45.2 Å². The second-order valence-corrected chi connectivity index (χ2v) is 19.2. The van der Waals surface area contributed by atoms with E-state index in [1.165, 1.54) is 96.3 Å². The summed E-state index contributed by atoms with van der Waals surface area (Å²) in [5, 5.41) is 11.8. The minimum absolute atomic E-state index is 0.355. The van der Waals surface area contributed by atoms with Crippen molar-refractivity contribution in [3.63, 3.8) is 0 Å². The van der Waals surface area contributed by atoms with E-state index in [1.807, 2.05) is 0 Å². The molecule has 300 valence electrons. The Morgan fingerprint density at radius 3 is 2.58 bits per heavy atom. The van der Waals surface area contributed by atoms with Crippen LogP contribution in [0, 0.1) is 64.6 Å². The maximum atomic E-state index is 7.54. The van der Waals surface area contributed by atoms with Gasteiger partial charge in [-0.1, -0.05) is 139 Å². The summed E-state index contributed by atoms with van der Waals surface area (Å²) >= 11 is 0. The molecule has 0 heterocycles. The summed E-state index contributed by atoms with van der Waals surface area (Å²) in [5.41, 5.74) is 11.5. The van der Waals surface area contributed by atoms with Crippen LogP contribution in [-0.4, -0.2) is 18.8 Å². The lowest BCUT2D eigenvalue weighted by Gasteiger charge is -2.42. The van der Waals surface area contributed by atoms with Gasteiger partial charge in [0.2, 0.25) is 0 Å². The average molecular weight is 759 g/mol. The normalized spacial score (nSPS) is 36.7. The van der Waals surface area contributed by atoms with Crippen molar-refractivity contribution >= 4 is 6.21 Å². The van der Waals surface area contributed by atoms with Crippen molar-refractivity contribution in [1.29, 1.82) is 5.41 Å². The van der Waals surface area contributed by atoms with E-state index in [-0.39, 0.29) is 0 Å². The van der Waals surface area contributed by atoms with E-state index in [9.17, 15) is 0 Å². The molecule has 11 unspecified atom stereocenters. The highest BCUT2D eigenvalue weighted by molar-refractivity contribution is 5.52. The van der Waals surface area contributed by atoms with E-state index in [2.05, 4.69) is 116 Å². The predicted octanol–water partition coefficient (Wildman–Crippen LogP) is 13.8. The van der Waals surface area contributed by atoms with Crippen LogP contribution < -0.4 is 5.32 Å². The van der Waals surface area contributed by atoms with Gasteiger partial charge in [-0.2, -0.15) is 0 Å². The van der Waals surface area contributed by atoms with Crippen molar-refractivity contribution in [3.05, 3.63) is 142 Å². The van der Waals surface area contributed by atoms with E-state index in [0.29, 0.717) is 53.4 Å². The van der Waals surface area contributed by atoms with Gasteiger partial charge in [-0.25, -0.2) is 0 Å². The third-order valence-electron chi connectivity index (χ3n) is 16.2. The van der Waals surface area contributed by atoms with Crippen LogP contribution in [0.1, 0.15) is 116 Å². The van der Waals surface area contributed by atoms with Gasteiger partial charge >= 0.3 is 0 Å². The lowest BCUT2D eigenvalue weighted by atomic mass is 9.64. The van der Waals surface area contributed by atoms with Gasteiger partial charge in [0.25, 0.3) is 0 Å². The van der Waals surface area contributed by atoms with Crippen molar-refractivity contribution in [2.24, 2.45) is 59.2 Å². The maximum absolute atomic E-state index is 7.54. The average Bonchev–Trinajstić information content (AvgIpc) is 3.28. The summed E-state index contributed by atoms with van der Waals surface area (Å²) in [4.78, 5) is 0. The second-order valence-electron chi connectivity index (χ2n) is 19.2. The van der Waals surface area contributed by atoms with Crippen LogP contribution in [0.2, 0.25) is 0 Å². The van der Waals surface area contributed by atoms with Crippen LogP contribution >= 0.6 is 0 Å². The Hall–Kier alpha value is -3.49. The first kappa shape index (κ1) is 39.0. The van der Waals surface area contributed by atoms with Gasteiger partial charge in [0.15, 0.2) is 0 Å². The molecule has 0 radical (unpaired) electrons. The molecule has 57 heavy (non-hydrogen) atoms. The Morgan fingerprint density at radius 1 is 0.807 bits per heavy atom. The highest BCUT2D eigenvalue weighted by atomic mass is 14.9. The first-order valence-electron chi connectivity index (χ1n) is 23.7. The number of allylic oxidation sites excluding steroid dienone is 22. The number of unbranched alkanes of at least 4 members (excludes halogenated alkanes) is 2. The molecule has 0 aromatic heterocycles. The molecule has 9 rings (SSSR count). The Morgan fingerprint density at radius 2 is 1.68 bits per heavy atom. The summed E-state index contributed by atoms with van der Waals surface area (Å²) in [6, 6.07) is 0.488. The summed E-state index contributed by atoms with van der Waals surface area (Å²) in [6.45, 7) is 3.50. The smallest absolute Gasteiger partial charge is 0.0281 e. The Kier molecular flexibility index (Phi) is 12.4. The molecule has 0 aromatic rings. The zero-order valence-corrected chi connectivity index (χ0v) is 35.0. The van der Waals surface area contributed by atoms with Gasteiger partial charge in [-0.3, -0.25) is 0 Å². The molecule has 2 N–H and O–H groups in total. The molecule has 2 heteroatoms. The minimum atomic E-state index is 0.355. The Balaban J connectivity index is 1.01. The van der Waals surface area contributed by atoms with Crippen LogP contribution in [0.5, 0.6) is 0 Å². The second kappa shape index (κ2) is 18.2. The summed E-state index contributed by atoms with van der Waals surface area (Å²) < 4.78 is 0. The Labute approximate surface area is 345 Å². The molecule has 2 nitrogen and oxygen atoms in total. The van der Waals surface area contributed by atoms with E-state index >= 15 is 0 Å². The zero-order chi connectivity index (χ0) is 38.6. The first-order chi connectivity index (χ1) is 28.2. The molecule has 11 atom stereocenters. The van der Waals surface area contributed by atoms with Crippen molar-refractivity contribution in [1.82, 2.24) is 5.32 Å². The van der Waals surface area contributed by atoms with Crippen LogP contribution in [-0.2, 0) is 0 Å². The molecular weight excluding hydrogens is 689 g/mol. The molecule has 0 spiro atoms. The summed E-state index contributed by atoms with van der Waals surface area (Å²) in [7, 11) is 0. The van der Waals surface area contributed by atoms with Crippen LogP contribution in [0.15, 0.2) is 142 Å². The molecule has 9 aliphatic rings. The fourth-order valence-electron chi connectivity index (χ4n) is 13.1. The fourth-order valence-corrected chi connectivity index (χ4v) is 13.1. The molecule has 0 aromatic carbocycles. The standard InChI is InChI=1S/C55H70N2/c1-38(39-29-31-42(32-30-39)53-36-43-18-5-6-22-46(43)50-26-12-13-27-51(50)53)44-20-8-10-24-48(44)54(37-57-55-28-15-19-40-17-4-7-23-47(40)55)52-34-33-41(16-3-2-14-35-56)45-21-9-11-25-49(45)52/h8,10-13,15,20,24-29,31,33-36,39-42,45,47-48,50-51,54-57H,2-7,9,14,16-19,21-23,30,32,37H2,1H3/b44-38+,56-35?. The van der Waals surface area contributed by atoms with Crippen molar-refractivity contribution in [2.45, 2.75) is 122 Å². The summed E-state index contributed by atoms with van der Waals surface area (Å²) in [5.74, 6) is 5.79. The van der Waals surface area contributed by atoms with Crippen molar-refractivity contribution in [2.75, 3.05) is 6.54 Å². The van der Waals surface area contributed by atoms with Crippen LogP contribution in [0.4, 0.5) is 0 Å². The minimum Gasteiger partial charge on any atom is -0.313 e. The molecule has 0 bridgehead atoms. The van der Waals surface area contributed by atoms with Crippen molar-refractivity contribution in [3.8, 4) is 0 Å². The number of fused-ring (bicyclic) bond motifs is 4. The monoisotopic (exact) mass is 759 g/mol. The molecule has 0 amide bonds. The van der Waals surface area contributed by atoms with Gasteiger partial charge < -0.3 is 10.7 Å². The molecule has 0 aliphatic heterocycles. The van der Waals surface area contributed by atoms with E-state index in [4.69, 9.17) is 5.41 Å². The molecule has 1 saturated carbocycles. The largest absolute Gasteiger partial charge is 0.313 e. The topological polar surface area (TPSA) is 35.9 Å². The highest BCUT2D eigenvalue weighted by Gasteiger charge is 2.39. The molecule has 1 fully saturated rings. The van der Waals surface area contributed by atoms with Gasteiger partial charge in [-0.15, -0.1) is 0 Å². The number of hydrogen-bond donors (Lipinski definition) is 2. The summed E-state index contributed by atoms with van der Waals surface area (Å²) in [6.07, 6.45) is 65.8. The lowest BCUT2D eigenvalue weighted by molar-refractivity contribution is 0.188. The van der Waals surface area contributed by atoms with Crippen LogP contribution in [0.25, 0.3) is 0 Å². The van der Waals surface area contributed by atoms with E-state index < -0.39 is 0 Å². The van der Waals surface area contributed by atoms with Gasteiger partial charge in [0.1, 0.15) is 0 Å². The number of nitrogens with one attached hydrogen (secondary N) is 2. The Bertz CT molecular complexity index is 1880. The number of hydrogen-bond acceptors (Lipinski definition) is 2. The fraction of sp³-hybridized carbons (Fsp3) is 0.545. The SMILES string of the molecule is C/C(=C1/C=CC=CC1C(CNC1C=CCC2CCCCC21)C1=C2C=CCCC2C(CCCCC=N)C=C1)C1C=CC(C2=CC3=C(CCCC3)C3C=CC=CC23)CC1.